The Morgan fingerprint density at radius 2 is 1.70 bits per heavy atom. The summed E-state index contributed by atoms with van der Waals surface area (Å²) in [6.07, 6.45) is 0. The van der Waals surface area contributed by atoms with Crippen molar-refractivity contribution in [2.24, 2.45) is 0 Å². The molecule has 1 amide bonds. The lowest BCUT2D eigenvalue weighted by molar-refractivity contribution is 0.102. The molecule has 0 aromatic heterocycles. The summed E-state index contributed by atoms with van der Waals surface area (Å²) in [5.41, 5.74) is 2.36. The van der Waals surface area contributed by atoms with Crippen LogP contribution in [0.4, 0.5) is 5.69 Å². The minimum absolute atomic E-state index is 0.184. The minimum Gasteiger partial charge on any atom is -0.493 e. The van der Waals surface area contributed by atoms with Gasteiger partial charge < -0.3 is 14.8 Å². The number of anilines is 1. The van der Waals surface area contributed by atoms with Crippen molar-refractivity contribution >= 4 is 27.5 Å². The molecule has 0 aliphatic rings. The van der Waals surface area contributed by atoms with E-state index in [1.54, 1.807) is 18.2 Å². The van der Waals surface area contributed by atoms with Crippen LogP contribution in [0.3, 0.4) is 0 Å². The van der Waals surface area contributed by atoms with Crippen LogP contribution in [0, 0.1) is 0 Å². The third kappa shape index (κ3) is 5.34. The number of carbonyl (C=O) groups excluding carboxylic acids is 1. The molecule has 27 heavy (non-hydrogen) atoms. The van der Waals surface area contributed by atoms with E-state index in [0.717, 1.165) is 15.8 Å². The first-order chi connectivity index (χ1) is 13.2. The van der Waals surface area contributed by atoms with Crippen LogP contribution in [0.5, 0.6) is 11.5 Å². The smallest absolute Gasteiger partial charge is 0.255 e. The summed E-state index contributed by atoms with van der Waals surface area (Å²) in [7, 11) is 0. The lowest BCUT2D eigenvalue weighted by atomic mass is 10.2. The van der Waals surface area contributed by atoms with Gasteiger partial charge in [-0.25, -0.2) is 0 Å². The molecule has 0 atom stereocenters. The van der Waals surface area contributed by atoms with Crippen LogP contribution < -0.4 is 14.8 Å². The monoisotopic (exact) mass is 425 g/mol. The molecule has 0 aliphatic heterocycles. The third-order valence-corrected chi connectivity index (χ3v) is 4.47. The van der Waals surface area contributed by atoms with Gasteiger partial charge in [-0.2, -0.15) is 0 Å². The fourth-order valence-corrected chi connectivity index (χ4v) is 2.99. The van der Waals surface area contributed by atoms with Crippen molar-refractivity contribution in [3.8, 4) is 11.5 Å². The number of rotatable bonds is 7. The average molecular weight is 426 g/mol. The lowest BCUT2D eigenvalue weighted by Gasteiger charge is -2.10. The van der Waals surface area contributed by atoms with Gasteiger partial charge in [-0.3, -0.25) is 4.79 Å². The van der Waals surface area contributed by atoms with Crippen LogP contribution in [0.15, 0.2) is 77.3 Å². The van der Waals surface area contributed by atoms with Gasteiger partial charge in [0.25, 0.3) is 5.91 Å². The Morgan fingerprint density at radius 3 is 2.37 bits per heavy atom. The Labute approximate surface area is 167 Å². The number of hydrogen-bond donors (Lipinski definition) is 1. The van der Waals surface area contributed by atoms with E-state index >= 15 is 0 Å². The van der Waals surface area contributed by atoms with E-state index < -0.39 is 0 Å². The van der Waals surface area contributed by atoms with Gasteiger partial charge in [-0.15, -0.1) is 0 Å². The second-order valence-corrected chi connectivity index (χ2v) is 6.69. The van der Waals surface area contributed by atoms with Crippen LogP contribution in [0.1, 0.15) is 22.8 Å². The van der Waals surface area contributed by atoms with Crippen LogP contribution >= 0.6 is 15.9 Å². The Kier molecular flexibility index (Phi) is 6.49. The molecule has 138 valence electrons. The van der Waals surface area contributed by atoms with Gasteiger partial charge in [-0.1, -0.05) is 30.3 Å². The van der Waals surface area contributed by atoms with Crippen molar-refractivity contribution in [1.29, 1.82) is 0 Å². The molecule has 0 unspecified atom stereocenters. The van der Waals surface area contributed by atoms with E-state index in [4.69, 9.17) is 9.47 Å². The number of hydrogen-bond acceptors (Lipinski definition) is 3. The number of benzene rings is 3. The van der Waals surface area contributed by atoms with Gasteiger partial charge >= 0.3 is 0 Å². The molecule has 3 aromatic rings. The van der Waals surface area contributed by atoms with E-state index in [-0.39, 0.29) is 5.91 Å². The molecule has 1 N–H and O–H groups in total. The van der Waals surface area contributed by atoms with Crippen LogP contribution in [-0.4, -0.2) is 12.5 Å². The molecule has 3 rings (SSSR count). The molecule has 3 aromatic carbocycles. The van der Waals surface area contributed by atoms with Crippen molar-refractivity contribution in [2.75, 3.05) is 11.9 Å². The normalized spacial score (nSPS) is 10.3. The third-order valence-electron chi connectivity index (χ3n) is 3.85. The Bertz CT molecular complexity index is 895. The van der Waals surface area contributed by atoms with Crippen molar-refractivity contribution in [2.45, 2.75) is 13.5 Å². The largest absolute Gasteiger partial charge is 0.493 e. The topological polar surface area (TPSA) is 47.6 Å². The molecule has 0 heterocycles. The molecule has 0 radical (unpaired) electrons. The highest BCUT2D eigenvalue weighted by molar-refractivity contribution is 9.10. The highest BCUT2D eigenvalue weighted by atomic mass is 79.9. The number of ether oxygens (including phenoxy) is 2. The molecule has 0 aliphatic carbocycles. The summed E-state index contributed by atoms with van der Waals surface area (Å²) >= 11 is 3.43. The summed E-state index contributed by atoms with van der Waals surface area (Å²) in [6.45, 7) is 3.00. The van der Waals surface area contributed by atoms with Crippen molar-refractivity contribution in [1.82, 2.24) is 0 Å². The molecule has 0 saturated heterocycles. The number of carbonyl (C=O) groups is 1. The molecule has 0 saturated carbocycles. The standard InChI is InChI=1S/C22H20BrNO3/c1-2-26-21-13-8-17(14-20(21)23)22(25)24-18-9-11-19(12-10-18)27-15-16-6-4-3-5-7-16/h3-14H,2,15H2,1H3,(H,24,25). The highest BCUT2D eigenvalue weighted by Gasteiger charge is 2.09. The van der Waals surface area contributed by atoms with E-state index in [9.17, 15) is 4.79 Å². The van der Waals surface area contributed by atoms with Crippen molar-refractivity contribution < 1.29 is 14.3 Å². The molecule has 4 nitrogen and oxygen atoms in total. The first-order valence-electron chi connectivity index (χ1n) is 8.66. The van der Waals surface area contributed by atoms with Crippen molar-refractivity contribution in [3.63, 3.8) is 0 Å². The zero-order valence-corrected chi connectivity index (χ0v) is 16.5. The second-order valence-electron chi connectivity index (χ2n) is 5.83. The highest BCUT2D eigenvalue weighted by Crippen LogP contribution is 2.26. The fourth-order valence-electron chi connectivity index (χ4n) is 2.49. The maximum absolute atomic E-state index is 12.4. The second kappa shape index (κ2) is 9.24. The van der Waals surface area contributed by atoms with E-state index in [1.807, 2.05) is 61.5 Å². The van der Waals surface area contributed by atoms with Gasteiger partial charge in [0, 0.05) is 11.3 Å². The maximum Gasteiger partial charge on any atom is 0.255 e. The molecule has 5 heteroatoms. The quantitative estimate of drug-likeness (QED) is 0.529. The first-order valence-corrected chi connectivity index (χ1v) is 9.45. The predicted octanol–water partition coefficient (Wildman–Crippen LogP) is 5.68. The molecule has 0 spiro atoms. The van der Waals surface area contributed by atoms with Gasteiger partial charge in [0.1, 0.15) is 18.1 Å². The Balaban J connectivity index is 1.59. The minimum atomic E-state index is -0.184. The summed E-state index contributed by atoms with van der Waals surface area (Å²) in [5.74, 6) is 1.28. The van der Waals surface area contributed by atoms with Gasteiger partial charge in [0.2, 0.25) is 0 Å². The molecule has 0 fully saturated rings. The summed E-state index contributed by atoms with van der Waals surface area (Å²) in [6, 6.07) is 22.6. The Morgan fingerprint density at radius 1 is 0.963 bits per heavy atom. The summed E-state index contributed by atoms with van der Waals surface area (Å²) in [5, 5.41) is 2.88. The molecule has 0 bridgehead atoms. The van der Waals surface area contributed by atoms with Crippen molar-refractivity contribution in [3.05, 3.63) is 88.4 Å². The summed E-state index contributed by atoms with van der Waals surface area (Å²) in [4.78, 5) is 12.4. The van der Waals surface area contributed by atoms with Crippen LogP contribution in [0.2, 0.25) is 0 Å². The Hall–Kier alpha value is -2.79. The maximum atomic E-state index is 12.4. The zero-order chi connectivity index (χ0) is 19.1. The van der Waals surface area contributed by atoms with E-state index in [1.165, 1.54) is 0 Å². The van der Waals surface area contributed by atoms with Crippen LogP contribution in [0.25, 0.3) is 0 Å². The lowest BCUT2D eigenvalue weighted by Crippen LogP contribution is -2.12. The van der Waals surface area contributed by atoms with Gasteiger partial charge in [-0.05, 0) is 70.9 Å². The van der Waals surface area contributed by atoms with Crippen LogP contribution in [-0.2, 0) is 6.61 Å². The fraction of sp³-hybridized carbons (Fsp3) is 0.136. The number of amides is 1. The number of halogens is 1. The molecular weight excluding hydrogens is 406 g/mol. The zero-order valence-electron chi connectivity index (χ0n) is 14.9. The van der Waals surface area contributed by atoms with E-state index in [2.05, 4.69) is 21.2 Å². The number of nitrogens with one attached hydrogen (secondary N) is 1. The van der Waals surface area contributed by atoms with Gasteiger partial charge in [0.05, 0.1) is 11.1 Å². The SMILES string of the molecule is CCOc1ccc(C(=O)Nc2ccc(OCc3ccccc3)cc2)cc1Br. The summed E-state index contributed by atoms with van der Waals surface area (Å²) < 4.78 is 12.0. The predicted molar refractivity (Wildman–Crippen MR) is 110 cm³/mol. The average Bonchev–Trinajstić information content (AvgIpc) is 2.70. The first kappa shape index (κ1) is 19.0. The van der Waals surface area contributed by atoms with Gasteiger partial charge in [0.15, 0.2) is 0 Å². The van der Waals surface area contributed by atoms with E-state index in [0.29, 0.717) is 30.2 Å². The molecular formula is C22H20BrNO3.